The molecular formula is C12H7NOS4. The fourth-order valence-corrected chi connectivity index (χ4v) is 5.86. The number of rotatable bonds is 2. The highest BCUT2D eigenvalue weighted by Crippen LogP contribution is 2.55. The maximum atomic E-state index is 10.6. The van der Waals surface area contributed by atoms with Crippen LogP contribution in [0.2, 0.25) is 0 Å². The molecule has 2 aliphatic rings. The number of hydrogen-bond acceptors (Lipinski definition) is 6. The molecule has 6 heteroatoms. The first-order valence-electron chi connectivity index (χ1n) is 5.06. The fraction of sp³-hybridized carbons (Fsp3) is 0. The third kappa shape index (κ3) is 2.56. The Morgan fingerprint density at radius 1 is 1.06 bits per heavy atom. The molecule has 1 aromatic rings. The van der Waals surface area contributed by atoms with Gasteiger partial charge in [-0.25, -0.2) is 0 Å². The average Bonchev–Trinajstić information content (AvgIpc) is 3.09. The fourth-order valence-electron chi connectivity index (χ4n) is 1.40. The Kier molecular flexibility index (Phi) is 3.88. The van der Waals surface area contributed by atoms with Crippen LogP contribution in [0.3, 0.4) is 0 Å². The molecule has 0 bridgehead atoms. The lowest BCUT2D eigenvalue weighted by Crippen LogP contribution is -1.87. The maximum Gasteiger partial charge on any atom is 0.168 e. The first-order valence-corrected chi connectivity index (χ1v) is 8.51. The molecular weight excluding hydrogens is 302 g/mol. The predicted octanol–water partition coefficient (Wildman–Crippen LogP) is 4.75. The monoisotopic (exact) mass is 309 g/mol. The zero-order valence-corrected chi connectivity index (χ0v) is 12.3. The van der Waals surface area contributed by atoms with E-state index in [0.29, 0.717) is 5.69 Å². The van der Waals surface area contributed by atoms with Crippen LogP contribution < -0.4 is 0 Å². The number of nitrogens with zero attached hydrogens (tertiary/aromatic N) is 1. The molecule has 0 saturated carbocycles. The molecule has 0 fully saturated rings. The molecule has 0 aliphatic carbocycles. The predicted molar refractivity (Wildman–Crippen MR) is 84.1 cm³/mol. The Labute approximate surface area is 122 Å². The summed E-state index contributed by atoms with van der Waals surface area (Å²) in [6.07, 6.45) is 2.52. The molecule has 0 N–H and O–H groups in total. The van der Waals surface area contributed by atoms with Gasteiger partial charge in [0.2, 0.25) is 0 Å². The lowest BCUT2D eigenvalue weighted by molar-refractivity contribution is 0.111. The second kappa shape index (κ2) is 5.61. The van der Waals surface area contributed by atoms with E-state index in [1.165, 1.54) is 13.4 Å². The Bertz CT molecular complexity index is 564. The molecule has 3 heterocycles. The van der Waals surface area contributed by atoms with Gasteiger partial charge in [-0.15, -0.1) is 0 Å². The van der Waals surface area contributed by atoms with Crippen molar-refractivity contribution in [3.63, 3.8) is 0 Å². The van der Waals surface area contributed by atoms with E-state index in [2.05, 4.69) is 21.2 Å². The van der Waals surface area contributed by atoms with Crippen molar-refractivity contribution in [3.05, 3.63) is 54.3 Å². The summed E-state index contributed by atoms with van der Waals surface area (Å²) in [6.45, 7) is 0. The quantitative estimate of drug-likeness (QED) is 0.733. The van der Waals surface area contributed by atoms with Gasteiger partial charge in [-0.05, 0) is 22.3 Å². The lowest BCUT2D eigenvalue weighted by atomic mass is 10.2. The van der Waals surface area contributed by atoms with Crippen molar-refractivity contribution in [3.8, 4) is 0 Å². The van der Waals surface area contributed by atoms with E-state index in [1.807, 2.05) is 6.07 Å². The molecule has 0 amide bonds. The molecule has 0 atom stereocenters. The van der Waals surface area contributed by atoms with Crippen LogP contribution >= 0.6 is 47.0 Å². The minimum absolute atomic E-state index is 0.472. The van der Waals surface area contributed by atoms with Gasteiger partial charge in [-0.3, -0.25) is 9.78 Å². The zero-order chi connectivity index (χ0) is 12.4. The van der Waals surface area contributed by atoms with Crippen molar-refractivity contribution in [2.75, 3.05) is 0 Å². The van der Waals surface area contributed by atoms with Crippen LogP contribution in [0.5, 0.6) is 0 Å². The third-order valence-corrected chi connectivity index (χ3v) is 7.31. The molecule has 3 rings (SSSR count). The van der Waals surface area contributed by atoms with E-state index in [-0.39, 0.29) is 0 Å². The summed E-state index contributed by atoms with van der Waals surface area (Å²) >= 11 is 7.06. The minimum atomic E-state index is 0.472. The molecule has 1 aromatic heterocycles. The number of aldehydes is 1. The van der Waals surface area contributed by atoms with Crippen LogP contribution in [0, 0.1) is 0 Å². The summed E-state index contributed by atoms with van der Waals surface area (Å²) in [5.41, 5.74) is 1.54. The summed E-state index contributed by atoms with van der Waals surface area (Å²) in [5, 5.41) is 6.35. The third-order valence-electron chi connectivity index (χ3n) is 2.24. The number of hydrogen-bond donors (Lipinski definition) is 0. The highest BCUT2D eigenvalue weighted by molar-refractivity contribution is 8.35. The number of pyridine rings is 1. The van der Waals surface area contributed by atoms with Crippen molar-refractivity contribution >= 4 is 58.2 Å². The number of carbonyl (C=O) groups excluding carboxylic acids is 1. The molecule has 2 aliphatic heterocycles. The standard InChI is InChI=1S/C12H7NOS4/c14-6-9-2-1-8(5-13-9)10-7-17-12(18-10)11-15-3-4-16-11/h1-7H. The van der Waals surface area contributed by atoms with Gasteiger partial charge in [0.25, 0.3) is 0 Å². The van der Waals surface area contributed by atoms with E-state index < -0.39 is 0 Å². The molecule has 0 aromatic carbocycles. The van der Waals surface area contributed by atoms with E-state index in [0.717, 1.165) is 11.8 Å². The largest absolute Gasteiger partial charge is 0.296 e. The van der Waals surface area contributed by atoms with Crippen LogP contribution in [0.15, 0.2) is 43.0 Å². The number of carbonyl (C=O) groups is 1. The van der Waals surface area contributed by atoms with Crippen LogP contribution in [0.25, 0.3) is 4.91 Å². The summed E-state index contributed by atoms with van der Waals surface area (Å²) in [7, 11) is 0. The van der Waals surface area contributed by atoms with Crippen LogP contribution in [0.4, 0.5) is 0 Å². The summed E-state index contributed by atoms with van der Waals surface area (Å²) in [4.78, 5) is 15.8. The highest BCUT2D eigenvalue weighted by atomic mass is 32.2. The number of aromatic nitrogens is 1. The van der Waals surface area contributed by atoms with Gasteiger partial charge in [0.1, 0.15) is 5.69 Å². The number of thioether (sulfide) groups is 4. The van der Waals surface area contributed by atoms with Crippen molar-refractivity contribution < 1.29 is 4.79 Å². The normalized spacial score (nSPS) is 18.3. The topological polar surface area (TPSA) is 30.0 Å². The van der Waals surface area contributed by atoms with Gasteiger partial charge in [0.15, 0.2) is 6.29 Å². The highest BCUT2D eigenvalue weighted by Gasteiger charge is 2.19. The Morgan fingerprint density at radius 3 is 2.56 bits per heavy atom. The van der Waals surface area contributed by atoms with Crippen molar-refractivity contribution in [2.24, 2.45) is 0 Å². The molecule has 0 unspecified atom stereocenters. The first kappa shape index (κ1) is 12.5. The van der Waals surface area contributed by atoms with Gasteiger partial charge >= 0.3 is 0 Å². The second-order valence-corrected chi connectivity index (χ2v) is 7.66. The Balaban J connectivity index is 1.78. The molecule has 0 radical (unpaired) electrons. The van der Waals surface area contributed by atoms with Gasteiger partial charge in [0.05, 0.1) is 8.47 Å². The van der Waals surface area contributed by atoms with Crippen LogP contribution in [-0.2, 0) is 0 Å². The van der Waals surface area contributed by atoms with Gasteiger partial charge in [-0.1, -0.05) is 53.1 Å². The van der Waals surface area contributed by atoms with E-state index >= 15 is 0 Å². The van der Waals surface area contributed by atoms with Crippen molar-refractivity contribution in [2.45, 2.75) is 0 Å². The maximum absolute atomic E-state index is 10.6. The Morgan fingerprint density at radius 2 is 1.89 bits per heavy atom. The Hall–Kier alpha value is -0.560. The average molecular weight is 309 g/mol. The van der Waals surface area contributed by atoms with Crippen LogP contribution in [0.1, 0.15) is 16.1 Å². The zero-order valence-electron chi connectivity index (χ0n) is 9.03. The summed E-state index contributed by atoms with van der Waals surface area (Å²) in [5.74, 6) is 0. The minimum Gasteiger partial charge on any atom is -0.296 e. The van der Waals surface area contributed by atoms with Crippen molar-refractivity contribution in [1.29, 1.82) is 0 Å². The van der Waals surface area contributed by atoms with Gasteiger partial charge < -0.3 is 0 Å². The van der Waals surface area contributed by atoms with E-state index in [9.17, 15) is 4.79 Å². The molecule has 90 valence electrons. The van der Waals surface area contributed by atoms with Gasteiger partial charge in [-0.2, -0.15) is 0 Å². The molecule has 18 heavy (non-hydrogen) atoms. The molecule has 0 saturated heterocycles. The smallest absolute Gasteiger partial charge is 0.168 e. The van der Waals surface area contributed by atoms with Crippen molar-refractivity contribution in [1.82, 2.24) is 4.98 Å². The van der Waals surface area contributed by atoms with E-state index in [1.54, 1.807) is 59.3 Å². The molecule has 2 nitrogen and oxygen atoms in total. The lowest BCUT2D eigenvalue weighted by Gasteiger charge is -2.02. The summed E-state index contributed by atoms with van der Waals surface area (Å²) in [6, 6.07) is 3.69. The second-order valence-electron chi connectivity index (χ2n) is 3.37. The van der Waals surface area contributed by atoms with E-state index in [4.69, 9.17) is 0 Å². The summed E-state index contributed by atoms with van der Waals surface area (Å²) < 4.78 is 2.66. The SMILES string of the molecule is O=Cc1ccc(C2=CSC(=C3SC=CS3)S2)cn1. The van der Waals surface area contributed by atoms with Crippen LogP contribution in [-0.4, -0.2) is 11.3 Å². The van der Waals surface area contributed by atoms with Gasteiger partial charge in [0, 0.05) is 16.7 Å². The molecule has 0 spiro atoms. The first-order chi connectivity index (χ1) is 8.86.